The lowest BCUT2D eigenvalue weighted by Gasteiger charge is -2.03. The summed E-state index contributed by atoms with van der Waals surface area (Å²) < 4.78 is 10.2. The monoisotopic (exact) mass is 346 g/mol. The Hall–Kier alpha value is -1.82. The van der Waals surface area contributed by atoms with Gasteiger partial charge in [0.2, 0.25) is 0 Å². The van der Waals surface area contributed by atoms with Crippen molar-refractivity contribution in [3.8, 4) is 0 Å². The van der Waals surface area contributed by atoms with Gasteiger partial charge in [-0.15, -0.1) is 4.89 Å². The van der Waals surface area contributed by atoms with Gasteiger partial charge in [0, 0.05) is 6.42 Å². The molecule has 0 saturated carbocycles. The second kappa shape index (κ2) is 16.5. The number of carboxylic acid groups (broad SMARTS) is 2. The fourth-order valence-electron chi connectivity index (χ4n) is 1.03. The van der Waals surface area contributed by atoms with Crippen LogP contribution in [0.25, 0.3) is 0 Å². The van der Waals surface area contributed by atoms with E-state index in [4.69, 9.17) is 15.1 Å². The first-order valence-corrected chi connectivity index (χ1v) is 8.43. The Morgan fingerprint density at radius 2 is 1.39 bits per heavy atom. The summed E-state index contributed by atoms with van der Waals surface area (Å²) in [5.74, 6) is -2.50. The second-order valence-corrected chi connectivity index (χ2v) is 5.18. The van der Waals surface area contributed by atoms with Gasteiger partial charge in [-0.05, 0) is 11.0 Å². The van der Waals surface area contributed by atoms with Crippen molar-refractivity contribution in [3.63, 3.8) is 0 Å². The Morgan fingerprint density at radius 1 is 1.00 bits per heavy atom. The summed E-state index contributed by atoms with van der Waals surface area (Å²) in [4.78, 5) is 28.7. The molecule has 130 valence electrons. The van der Waals surface area contributed by atoms with Gasteiger partial charge in [0.05, 0.1) is 0 Å². The quantitative estimate of drug-likeness (QED) is 0.559. The fourth-order valence-corrected chi connectivity index (χ4v) is 1.54. The zero-order chi connectivity index (χ0) is 18.1. The summed E-state index contributed by atoms with van der Waals surface area (Å²) >= 11 is 0. The van der Waals surface area contributed by atoms with Crippen LogP contribution in [0, 0.1) is 0 Å². The fraction of sp³-hybridized carbons (Fsp3) is 0.467. The minimum absolute atomic E-state index is 0.230. The third kappa shape index (κ3) is 20.2. The van der Waals surface area contributed by atoms with Crippen LogP contribution in [0.4, 0.5) is 0 Å². The van der Waals surface area contributed by atoms with Crippen LogP contribution in [0.15, 0.2) is 36.4 Å². The van der Waals surface area contributed by atoms with E-state index in [0.717, 1.165) is 0 Å². The number of carboxylic acids is 2. The van der Waals surface area contributed by atoms with Crippen molar-refractivity contribution < 1.29 is 29.3 Å². The van der Waals surface area contributed by atoms with E-state index in [1.54, 1.807) is 0 Å². The molecule has 8 heteroatoms. The van der Waals surface area contributed by atoms with Crippen LogP contribution in [0.5, 0.6) is 0 Å². The Morgan fingerprint density at radius 3 is 1.61 bits per heavy atom. The van der Waals surface area contributed by atoms with Crippen LogP contribution >= 0.6 is 8.18 Å². The molecule has 4 N–H and O–H groups in total. The number of hydrogen-bond acceptors (Lipinski definition) is 3. The molecular formula is C15H25NO6P+. The van der Waals surface area contributed by atoms with Crippen LogP contribution in [0.2, 0.25) is 0 Å². The summed E-state index contributed by atoms with van der Waals surface area (Å²) in [5, 5.41) is 18.5. The standard InChI is InChI=1S/C6H6.C5H8NO6P.C4H10/c1-2-4-6-5-3-1;7-4(8)2-1-3(5(9)10)6-13(11)12;1-3-4-2/h1-6H;3H,1-2H2,(H3-,6,7,8,9,10,11,12);3-4H2,1-2H3/p+1. The van der Waals surface area contributed by atoms with Gasteiger partial charge in [0.25, 0.3) is 0 Å². The maximum absolute atomic E-state index is 10.4. The largest absolute Gasteiger partial charge is 0.611 e. The highest BCUT2D eigenvalue weighted by molar-refractivity contribution is 7.35. The number of aliphatic carboxylic acids is 2. The van der Waals surface area contributed by atoms with Crippen molar-refractivity contribution in [1.82, 2.24) is 5.09 Å². The molecule has 1 aromatic carbocycles. The van der Waals surface area contributed by atoms with Gasteiger partial charge in [0.15, 0.2) is 6.04 Å². The molecule has 0 aromatic heterocycles. The number of unbranched alkanes of at least 4 members (excludes halogenated alkanes) is 1. The zero-order valence-corrected chi connectivity index (χ0v) is 14.3. The highest BCUT2D eigenvalue weighted by Gasteiger charge is 2.26. The van der Waals surface area contributed by atoms with E-state index < -0.39 is 26.2 Å². The number of hydrogen-bond donors (Lipinski definition) is 4. The molecule has 0 saturated heterocycles. The summed E-state index contributed by atoms with van der Waals surface area (Å²) in [7, 11) is -2.78. The summed E-state index contributed by atoms with van der Waals surface area (Å²) in [6.07, 6.45) is 2.04. The van der Waals surface area contributed by atoms with Gasteiger partial charge < -0.3 is 10.2 Å². The van der Waals surface area contributed by atoms with Crippen molar-refractivity contribution in [2.75, 3.05) is 0 Å². The molecule has 0 aliphatic heterocycles. The van der Waals surface area contributed by atoms with Crippen molar-refractivity contribution >= 4 is 20.1 Å². The molecular weight excluding hydrogens is 321 g/mol. The van der Waals surface area contributed by atoms with E-state index in [1.807, 2.05) is 41.5 Å². The molecule has 2 atom stereocenters. The Bertz CT molecular complexity index is 412. The van der Waals surface area contributed by atoms with Crippen molar-refractivity contribution in [2.24, 2.45) is 0 Å². The smallest absolute Gasteiger partial charge is 0.481 e. The second-order valence-electron chi connectivity index (χ2n) is 4.38. The molecule has 1 aromatic rings. The normalized spacial score (nSPS) is 11.0. The lowest BCUT2D eigenvalue weighted by Crippen LogP contribution is -2.32. The molecule has 0 heterocycles. The van der Waals surface area contributed by atoms with Gasteiger partial charge in [-0.3, -0.25) is 9.59 Å². The topological polar surface area (TPSA) is 124 Å². The summed E-state index contributed by atoms with van der Waals surface area (Å²) in [6, 6.07) is 10.7. The predicted octanol–water partition coefficient (Wildman–Crippen LogP) is 3.04. The van der Waals surface area contributed by atoms with Gasteiger partial charge in [-0.25, -0.2) is 0 Å². The molecule has 0 amide bonds. The first-order valence-electron chi connectivity index (χ1n) is 7.22. The first-order chi connectivity index (χ1) is 10.8. The first kappa shape index (κ1) is 23.4. The number of carbonyl (C=O) groups is 2. The number of nitrogens with one attached hydrogen (secondary N) is 1. The van der Waals surface area contributed by atoms with E-state index in [0.29, 0.717) is 0 Å². The summed E-state index contributed by atoms with van der Waals surface area (Å²) in [6.45, 7) is 4.36. The van der Waals surface area contributed by atoms with Crippen LogP contribution in [0.3, 0.4) is 0 Å². The van der Waals surface area contributed by atoms with Crippen LogP contribution < -0.4 is 5.09 Å². The lowest BCUT2D eigenvalue weighted by atomic mass is 10.2. The van der Waals surface area contributed by atoms with Crippen molar-refractivity contribution in [3.05, 3.63) is 36.4 Å². The molecule has 2 unspecified atom stereocenters. The molecule has 7 nitrogen and oxygen atoms in total. The predicted molar refractivity (Wildman–Crippen MR) is 88.3 cm³/mol. The third-order valence-electron chi connectivity index (χ3n) is 2.38. The number of benzene rings is 1. The average molecular weight is 346 g/mol. The van der Waals surface area contributed by atoms with Gasteiger partial charge in [0.1, 0.15) is 0 Å². The van der Waals surface area contributed by atoms with E-state index in [-0.39, 0.29) is 12.8 Å². The number of rotatable bonds is 7. The third-order valence-corrected chi connectivity index (χ3v) is 2.91. The van der Waals surface area contributed by atoms with E-state index >= 15 is 0 Å². The molecule has 0 spiro atoms. The Kier molecular flexibility index (Phi) is 16.9. The minimum Gasteiger partial charge on any atom is -0.481 e. The highest BCUT2D eigenvalue weighted by Crippen LogP contribution is 2.10. The summed E-state index contributed by atoms with van der Waals surface area (Å²) in [5.41, 5.74) is 0. The van der Waals surface area contributed by atoms with Crippen LogP contribution in [-0.2, 0) is 14.2 Å². The van der Waals surface area contributed by atoms with Crippen molar-refractivity contribution in [1.29, 1.82) is 0 Å². The SMILES string of the molecule is CCCC.O=C(O)CCC(N[P+](=O)O)C(=O)O.c1ccccc1. The lowest BCUT2D eigenvalue weighted by molar-refractivity contribution is -0.140. The maximum atomic E-state index is 10.4. The Labute approximate surface area is 137 Å². The molecule has 0 bridgehead atoms. The molecule has 23 heavy (non-hydrogen) atoms. The minimum atomic E-state index is -2.78. The molecule has 0 aliphatic carbocycles. The zero-order valence-electron chi connectivity index (χ0n) is 13.4. The van der Waals surface area contributed by atoms with Gasteiger partial charge in [-0.2, -0.15) is 0 Å². The molecule has 0 radical (unpaired) electrons. The molecule has 0 fully saturated rings. The van der Waals surface area contributed by atoms with Gasteiger partial charge in [-0.1, -0.05) is 68.2 Å². The van der Waals surface area contributed by atoms with E-state index in [2.05, 4.69) is 13.8 Å². The highest BCUT2D eigenvalue weighted by atomic mass is 31.1. The average Bonchev–Trinajstić information content (AvgIpc) is 2.53. The Balaban J connectivity index is 0. The maximum Gasteiger partial charge on any atom is 0.611 e. The molecule has 0 aliphatic rings. The van der Waals surface area contributed by atoms with Crippen LogP contribution in [0.1, 0.15) is 39.5 Å². The van der Waals surface area contributed by atoms with E-state index in [9.17, 15) is 14.2 Å². The van der Waals surface area contributed by atoms with Gasteiger partial charge >= 0.3 is 20.1 Å². The molecule has 1 rings (SSSR count). The van der Waals surface area contributed by atoms with E-state index in [1.165, 1.54) is 12.8 Å². The van der Waals surface area contributed by atoms with Crippen molar-refractivity contribution in [2.45, 2.75) is 45.6 Å². The van der Waals surface area contributed by atoms with Crippen LogP contribution in [-0.4, -0.2) is 33.1 Å².